The number of carboxylic acids is 1. The Labute approximate surface area is 102 Å². The Morgan fingerprint density at radius 3 is 2.82 bits per heavy atom. The van der Waals surface area contributed by atoms with Gasteiger partial charge in [-0.05, 0) is 19.4 Å². The van der Waals surface area contributed by atoms with Gasteiger partial charge in [0, 0.05) is 12.1 Å². The van der Waals surface area contributed by atoms with Crippen LogP contribution in [0, 0.1) is 0 Å². The van der Waals surface area contributed by atoms with Crippen molar-refractivity contribution in [1.82, 2.24) is 5.32 Å². The minimum Gasteiger partial charge on any atom is -0.493 e. The molecule has 0 aliphatic carbocycles. The highest BCUT2D eigenvalue weighted by molar-refractivity contribution is 5.72. The predicted molar refractivity (Wildman–Crippen MR) is 66.2 cm³/mol. The molecule has 1 aromatic rings. The van der Waals surface area contributed by atoms with Gasteiger partial charge in [-0.2, -0.15) is 0 Å². The van der Waals surface area contributed by atoms with Crippen LogP contribution in [0.4, 0.5) is 0 Å². The summed E-state index contributed by atoms with van der Waals surface area (Å²) in [5.74, 6) is -0.0311. The number of para-hydroxylation sites is 1. The Bertz CT molecular complexity index is 365. The molecule has 0 fully saturated rings. The molecule has 0 heterocycles. The number of hydrogen-bond donors (Lipinski definition) is 2. The number of carbonyl (C=O) groups is 1. The number of ether oxygens (including phenoxy) is 1. The van der Waals surface area contributed by atoms with E-state index in [4.69, 9.17) is 9.84 Å². The Hall–Kier alpha value is -1.55. The van der Waals surface area contributed by atoms with Crippen LogP contribution in [0.15, 0.2) is 24.3 Å². The first-order chi connectivity index (χ1) is 8.15. The topological polar surface area (TPSA) is 58.6 Å². The molecule has 94 valence electrons. The quantitative estimate of drug-likeness (QED) is 0.762. The molecule has 0 amide bonds. The molecule has 1 aromatic carbocycles. The number of benzene rings is 1. The van der Waals surface area contributed by atoms with Gasteiger partial charge in [0.25, 0.3) is 0 Å². The summed E-state index contributed by atoms with van der Waals surface area (Å²) in [6, 6.07) is 7.11. The number of carboxylic acid groups (broad SMARTS) is 1. The van der Waals surface area contributed by atoms with E-state index in [1.54, 1.807) is 6.92 Å². The van der Waals surface area contributed by atoms with Crippen molar-refractivity contribution in [3.8, 4) is 5.75 Å². The van der Waals surface area contributed by atoms with Crippen LogP contribution in [-0.4, -0.2) is 23.7 Å². The van der Waals surface area contributed by atoms with E-state index >= 15 is 0 Å². The van der Waals surface area contributed by atoms with Crippen LogP contribution in [0.1, 0.15) is 25.8 Å². The lowest BCUT2D eigenvalue weighted by Crippen LogP contribution is -2.33. The second-order valence-corrected chi connectivity index (χ2v) is 3.90. The molecule has 0 aromatic heterocycles. The summed E-state index contributed by atoms with van der Waals surface area (Å²) in [4.78, 5) is 10.7. The van der Waals surface area contributed by atoms with Crippen molar-refractivity contribution < 1.29 is 14.6 Å². The van der Waals surface area contributed by atoms with E-state index in [0.29, 0.717) is 13.2 Å². The fourth-order valence-corrected chi connectivity index (χ4v) is 1.35. The molecule has 4 heteroatoms. The maximum Gasteiger partial charge on any atom is 0.320 e. The normalized spacial score (nSPS) is 12.1. The van der Waals surface area contributed by atoms with Gasteiger partial charge in [0.2, 0.25) is 0 Å². The molecule has 2 N–H and O–H groups in total. The van der Waals surface area contributed by atoms with Gasteiger partial charge in [0.15, 0.2) is 0 Å². The molecular weight excluding hydrogens is 218 g/mol. The molecule has 1 unspecified atom stereocenters. The Balaban J connectivity index is 2.60. The SMILES string of the molecule is CCCOc1ccccc1CNC(C)C(=O)O. The monoisotopic (exact) mass is 237 g/mol. The third kappa shape index (κ3) is 4.44. The van der Waals surface area contributed by atoms with Crippen molar-refractivity contribution in [3.63, 3.8) is 0 Å². The average Bonchev–Trinajstić information content (AvgIpc) is 2.34. The minimum absolute atomic E-state index is 0.493. The van der Waals surface area contributed by atoms with Crippen molar-refractivity contribution in [2.75, 3.05) is 6.61 Å². The number of hydrogen-bond acceptors (Lipinski definition) is 3. The van der Waals surface area contributed by atoms with Crippen LogP contribution in [0.25, 0.3) is 0 Å². The molecular formula is C13H19NO3. The van der Waals surface area contributed by atoms with E-state index in [1.807, 2.05) is 31.2 Å². The van der Waals surface area contributed by atoms with Crippen molar-refractivity contribution in [3.05, 3.63) is 29.8 Å². The highest BCUT2D eigenvalue weighted by atomic mass is 16.5. The van der Waals surface area contributed by atoms with Crippen LogP contribution in [0.3, 0.4) is 0 Å². The van der Waals surface area contributed by atoms with Crippen molar-refractivity contribution in [2.24, 2.45) is 0 Å². The maximum atomic E-state index is 10.7. The van der Waals surface area contributed by atoms with Crippen molar-refractivity contribution >= 4 is 5.97 Å². The Morgan fingerprint density at radius 1 is 1.47 bits per heavy atom. The zero-order valence-corrected chi connectivity index (χ0v) is 10.3. The molecule has 1 rings (SSSR count). The van der Waals surface area contributed by atoms with Gasteiger partial charge >= 0.3 is 5.97 Å². The van der Waals surface area contributed by atoms with E-state index in [-0.39, 0.29) is 0 Å². The lowest BCUT2D eigenvalue weighted by atomic mass is 10.2. The summed E-state index contributed by atoms with van der Waals surface area (Å²) >= 11 is 0. The fraction of sp³-hybridized carbons (Fsp3) is 0.462. The first kappa shape index (κ1) is 13.5. The second-order valence-electron chi connectivity index (χ2n) is 3.90. The summed E-state index contributed by atoms with van der Waals surface area (Å²) < 4.78 is 5.59. The maximum absolute atomic E-state index is 10.7. The largest absolute Gasteiger partial charge is 0.493 e. The summed E-state index contributed by atoms with van der Waals surface area (Å²) in [5.41, 5.74) is 0.981. The summed E-state index contributed by atoms with van der Waals surface area (Å²) in [6.45, 7) is 4.84. The first-order valence-corrected chi connectivity index (χ1v) is 5.82. The van der Waals surface area contributed by atoms with Gasteiger partial charge < -0.3 is 15.2 Å². The molecule has 0 spiro atoms. The zero-order chi connectivity index (χ0) is 12.7. The summed E-state index contributed by atoms with van der Waals surface area (Å²) in [5, 5.41) is 11.7. The lowest BCUT2D eigenvalue weighted by molar-refractivity contribution is -0.139. The fourth-order valence-electron chi connectivity index (χ4n) is 1.35. The number of aliphatic carboxylic acids is 1. The summed E-state index contributed by atoms with van der Waals surface area (Å²) in [7, 11) is 0. The highest BCUT2D eigenvalue weighted by Gasteiger charge is 2.10. The molecule has 0 bridgehead atoms. The molecule has 0 aliphatic rings. The van der Waals surface area contributed by atoms with E-state index in [9.17, 15) is 4.79 Å². The Kier molecular flexibility index (Phi) is 5.49. The van der Waals surface area contributed by atoms with Gasteiger partial charge in [0.05, 0.1) is 6.61 Å². The van der Waals surface area contributed by atoms with Crippen LogP contribution in [0.5, 0.6) is 5.75 Å². The number of rotatable bonds is 7. The third-order valence-electron chi connectivity index (χ3n) is 2.40. The van der Waals surface area contributed by atoms with E-state index in [2.05, 4.69) is 5.32 Å². The van der Waals surface area contributed by atoms with Gasteiger partial charge in [0.1, 0.15) is 11.8 Å². The smallest absolute Gasteiger partial charge is 0.320 e. The van der Waals surface area contributed by atoms with Gasteiger partial charge in [-0.15, -0.1) is 0 Å². The first-order valence-electron chi connectivity index (χ1n) is 5.82. The van der Waals surface area contributed by atoms with E-state index < -0.39 is 12.0 Å². The second kappa shape index (κ2) is 6.91. The molecule has 17 heavy (non-hydrogen) atoms. The van der Waals surface area contributed by atoms with Gasteiger partial charge in [-0.3, -0.25) is 4.79 Å². The lowest BCUT2D eigenvalue weighted by Gasteiger charge is -2.13. The summed E-state index contributed by atoms with van der Waals surface area (Å²) in [6.07, 6.45) is 0.952. The predicted octanol–water partition coefficient (Wildman–Crippen LogP) is 2.04. The molecule has 1 atom stereocenters. The molecule has 0 radical (unpaired) electrons. The van der Waals surface area contributed by atoms with Crippen LogP contribution < -0.4 is 10.1 Å². The van der Waals surface area contributed by atoms with Crippen molar-refractivity contribution in [2.45, 2.75) is 32.9 Å². The average molecular weight is 237 g/mol. The van der Waals surface area contributed by atoms with Crippen molar-refractivity contribution in [1.29, 1.82) is 0 Å². The highest BCUT2D eigenvalue weighted by Crippen LogP contribution is 2.17. The number of nitrogens with one attached hydrogen (secondary N) is 1. The van der Waals surface area contributed by atoms with Gasteiger partial charge in [-0.25, -0.2) is 0 Å². The third-order valence-corrected chi connectivity index (χ3v) is 2.40. The van der Waals surface area contributed by atoms with Crippen LogP contribution >= 0.6 is 0 Å². The standard InChI is InChI=1S/C13H19NO3/c1-3-8-17-12-7-5-4-6-11(12)9-14-10(2)13(15)16/h4-7,10,14H,3,8-9H2,1-2H3,(H,15,16). The minimum atomic E-state index is -0.850. The van der Waals surface area contributed by atoms with Gasteiger partial charge in [-0.1, -0.05) is 25.1 Å². The zero-order valence-electron chi connectivity index (χ0n) is 10.3. The van der Waals surface area contributed by atoms with Crippen LogP contribution in [0.2, 0.25) is 0 Å². The molecule has 0 saturated carbocycles. The van der Waals surface area contributed by atoms with E-state index in [1.165, 1.54) is 0 Å². The molecule has 0 aliphatic heterocycles. The van der Waals surface area contributed by atoms with Crippen LogP contribution in [-0.2, 0) is 11.3 Å². The molecule has 4 nitrogen and oxygen atoms in total. The molecule has 0 saturated heterocycles. The van der Waals surface area contributed by atoms with E-state index in [0.717, 1.165) is 17.7 Å². The Morgan fingerprint density at radius 2 is 2.18 bits per heavy atom.